The first-order valence-electron chi connectivity index (χ1n) is 5.24. The minimum absolute atomic E-state index is 0. The molecule has 0 bridgehead atoms. The van der Waals surface area contributed by atoms with E-state index in [2.05, 4.69) is 39.6 Å². The van der Waals surface area contributed by atoms with Crippen LogP contribution in [-0.2, 0) is 0 Å². The first-order chi connectivity index (χ1) is 7.58. The first-order valence-corrected chi connectivity index (χ1v) is 6.03. The third kappa shape index (κ3) is 3.12. The Morgan fingerprint density at radius 1 is 1.53 bits per heavy atom. The summed E-state index contributed by atoms with van der Waals surface area (Å²) in [4.78, 5) is 3.24. The van der Waals surface area contributed by atoms with Gasteiger partial charge in [-0.3, -0.25) is 0 Å². The quantitative estimate of drug-likeness (QED) is 0.814. The van der Waals surface area contributed by atoms with E-state index >= 15 is 0 Å². The molecule has 0 saturated carbocycles. The lowest BCUT2D eigenvalue weighted by Crippen LogP contribution is -2.09. The van der Waals surface area contributed by atoms with Crippen LogP contribution < -0.4 is 5.73 Å². The van der Waals surface area contributed by atoms with E-state index in [9.17, 15) is 0 Å². The summed E-state index contributed by atoms with van der Waals surface area (Å²) in [6.07, 6.45) is 2.81. The summed E-state index contributed by atoms with van der Waals surface area (Å²) in [5.74, 6) is 0. The van der Waals surface area contributed by atoms with Gasteiger partial charge in [0.05, 0.1) is 0 Å². The highest BCUT2D eigenvalue weighted by atomic mass is 79.9. The van der Waals surface area contributed by atoms with Crippen molar-refractivity contribution < 1.29 is 0 Å². The second-order valence-corrected chi connectivity index (χ2v) is 5.12. The van der Waals surface area contributed by atoms with E-state index in [1.165, 1.54) is 5.39 Å². The molecule has 92 valence electrons. The number of hydrogen-bond acceptors (Lipinski definition) is 1. The van der Waals surface area contributed by atoms with Crippen molar-refractivity contribution in [2.45, 2.75) is 19.4 Å². The van der Waals surface area contributed by atoms with Crippen molar-refractivity contribution in [2.75, 3.05) is 0 Å². The Bertz CT molecular complexity index is 533. The van der Waals surface area contributed by atoms with E-state index in [0.29, 0.717) is 0 Å². The van der Waals surface area contributed by atoms with E-state index < -0.39 is 0 Å². The van der Waals surface area contributed by atoms with Crippen molar-refractivity contribution in [3.63, 3.8) is 0 Å². The fourth-order valence-electron chi connectivity index (χ4n) is 1.91. The molecule has 0 unspecified atom stereocenters. The summed E-state index contributed by atoms with van der Waals surface area (Å²) in [6, 6.07) is 6.18. The summed E-state index contributed by atoms with van der Waals surface area (Å²) in [6.45, 7) is 5.91. The SMILES string of the molecule is C=C(C)C[C@@H](N)c1c[nH]c2ccc(Br)cc12.Cl. The first kappa shape index (κ1) is 14.3. The zero-order valence-electron chi connectivity index (χ0n) is 9.66. The third-order valence-electron chi connectivity index (χ3n) is 2.64. The monoisotopic (exact) mass is 314 g/mol. The zero-order valence-corrected chi connectivity index (χ0v) is 12.1. The summed E-state index contributed by atoms with van der Waals surface area (Å²) < 4.78 is 1.07. The molecule has 1 aromatic heterocycles. The number of aromatic nitrogens is 1. The molecule has 0 amide bonds. The van der Waals surface area contributed by atoms with Gasteiger partial charge in [0, 0.05) is 27.6 Å². The molecule has 2 nitrogen and oxygen atoms in total. The van der Waals surface area contributed by atoms with Crippen LogP contribution >= 0.6 is 28.3 Å². The van der Waals surface area contributed by atoms with Crippen LogP contribution in [0, 0.1) is 0 Å². The predicted octanol–water partition coefficient (Wildman–Crippen LogP) is 4.32. The van der Waals surface area contributed by atoms with Gasteiger partial charge in [0.15, 0.2) is 0 Å². The average Bonchev–Trinajstić information content (AvgIpc) is 2.59. The molecule has 2 aromatic rings. The van der Waals surface area contributed by atoms with Crippen molar-refractivity contribution >= 4 is 39.2 Å². The van der Waals surface area contributed by atoms with Gasteiger partial charge in [-0.25, -0.2) is 0 Å². The van der Waals surface area contributed by atoms with Crippen molar-refractivity contribution in [3.05, 3.63) is 46.6 Å². The summed E-state index contributed by atoms with van der Waals surface area (Å²) >= 11 is 3.48. The molecule has 0 radical (unpaired) electrons. The maximum atomic E-state index is 6.16. The van der Waals surface area contributed by atoms with Gasteiger partial charge in [0.1, 0.15) is 0 Å². The molecule has 0 spiro atoms. The molecular formula is C13H16BrClN2. The number of H-pyrrole nitrogens is 1. The topological polar surface area (TPSA) is 41.8 Å². The van der Waals surface area contributed by atoms with Crippen LogP contribution in [0.5, 0.6) is 0 Å². The molecule has 1 heterocycles. The minimum atomic E-state index is 0. The molecule has 1 aromatic carbocycles. The number of hydrogen-bond donors (Lipinski definition) is 2. The van der Waals surface area contributed by atoms with Crippen LogP contribution in [-0.4, -0.2) is 4.98 Å². The molecule has 4 heteroatoms. The number of nitrogens with two attached hydrogens (primary N) is 1. The normalized spacial score (nSPS) is 12.2. The summed E-state index contributed by atoms with van der Waals surface area (Å²) in [7, 11) is 0. The Kier molecular flexibility index (Phi) is 4.80. The van der Waals surface area contributed by atoms with E-state index in [1.807, 2.05) is 19.2 Å². The molecule has 0 fully saturated rings. The molecular weight excluding hydrogens is 300 g/mol. The highest BCUT2D eigenvalue weighted by Crippen LogP contribution is 2.28. The second-order valence-electron chi connectivity index (χ2n) is 4.20. The van der Waals surface area contributed by atoms with Crippen molar-refractivity contribution in [1.82, 2.24) is 4.98 Å². The molecule has 0 saturated heterocycles. The Labute approximate surface area is 116 Å². The van der Waals surface area contributed by atoms with Gasteiger partial charge < -0.3 is 10.7 Å². The van der Waals surface area contributed by atoms with Gasteiger partial charge in [-0.05, 0) is 37.1 Å². The average molecular weight is 316 g/mol. The zero-order chi connectivity index (χ0) is 11.7. The van der Waals surface area contributed by atoms with E-state index in [-0.39, 0.29) is 18.4 Å². The van der Waals surface area contributed by atoms with Gasteiger partial charge in [0.2, 0.25) is 0 Å². The number of aromatic amines is 1. The van der Waals surface area contributed by atoms with E-state index in [1.54, 1.807) is 0 Å². The lowest BCUT2D eigenvalue weighted by Gasteiger charge is -2.10. The van der Waals surface area contributed by atoms with Crippen molar-refractivity contribution in [1.29, 1.82) is 0 Å². The molecule has 1 atom stereocenters. The Morgan fingerprint density at radius 2 is 2.24 bits per heavy atom. The molecule has 17 heavy (non-hydrogen) atoms. The number of nitrogens with one attached hydrogen (secondary N) is 1. The smallest absolute Gasteiger partial charge is 0.0458 e. The van der Waals surface area contributed by atoms with Crippen LogP contribution in [0.2, 0.25) is 0 Å². The van der Waals surface area contributed by atoms with Crippen LogP contribution in [0.3, 0.4) is 0 Å². The van der Waals surface area contributed by atoms with Gasteiger partial charge in [-0.15, -0.1) is 19.0 Å². The van der Waals surface area contributed by atoms with Gasteiger partial charge in [-0.2, -0.15) is 0 Å². The second kappa shape index (κ2) is 5.71. The number of fused-ring (bicyclic) bond motifs is 1. The lowest BCUT2D eigenvalue weighted by molar-refractivity contribution is 0.723. The van der Waals surface area contributed by atoms with Gasteiger partial charge in [-0.1, -0.05) is 21.5 Å². The van der Waals surface area contributed by atoms with E-state index in [4.69, 9.17) is 5.73 Å². The standard InChI is InChI=1S/C13H15BrN2.ClH/c1-8(2)5-12(15)11-7-16-13-4-3-9(14)6-10(11)13;/h3-4,6-7,12,16H,1,5,15H2,2H3;1H/t12-;/m1./s1. The number of halogens is 2. The third-order valence-corrected chi connectivity index (χ3v) is 3.14. The highest BCUT2D eigenvalue weighted by Gasteiger charge is 2.11. The number of benzene rings is 1. The Balaban J connectivity index is 0.00000144. The van der Waals surface area contributed by atoms with Gasteiger partial charge in [0.25, 0.3) is 0 Å². The molecule has 0 aliphatic rings. The molecule has 0 aliphatic heterocycles. The largest absolute Gasteiger partial charge is 0.361 e. The fourth-order valence-corrected chi connectivity index (χ4v) is 2.27. The predicted molar refractivity (Wildman–Crippen MR) is 79.6 cm³/mol. The molecule has 2 rings (SSSR count). The van der Waals surface area contributed by atoms with Crippen LogP contribution in [0.4, 0.5) is 0 Å². The minimum Gasteiger partial charge on any atom is -0.361 e. The Hall–Kier alpha value is -0.770. The highest BCUT2D eigenvalue weighted by molar-refractivity contribution is 9.10. The van der Waals surface area contributed by atoms with Crippen molar-refractivity contribution in [3.8, 4) is 0 Å². The van der Waals surface area contributed by atoms with Crippen molar-refractivity contribution in [2.24, 2.45) is 5.73 Å². The summed E-state index contributed by atoms with van der Waals surface area (Å²) in [5.41, 5.74) is 9.54. The fraction of sp³-hybridized carbons (Fsp3) is 0.231. The maximum absolute atomic E-state index is 6.16. The van der Waals surface area contributed by atoms with Gasteiger partial charge >= 0.3 is 0 Å². The maximum Gasteiger partial charge on any atom is 0.0458 e. The lowest BCUT2D eigenvalue weighted by atomic mass is 10.0. The van der Waals surface area contributed by atoms with Crippen LogP contribution in [0.1, 0.15) is 24.9 Å². The van der Waals surface area contributed by atoms with Crippen LogP contribution in [0.25, 0.3) is 10.9 Å². The molecule has 0 aliphatic carbocycles. The Morgan fingerprint density at radius 3 is 2.88 bits per heavy atom. The van der Waals surface area contributed by atoms with Crippen LogP contribution in [0.15, 0.2) is 41.0 Å². The van der Waals surface area contributed by atoms with E-state index in [0.717, 1.165) is 27.5 Å². The molecule has 3 N–H and O–H groups in total. The summed E-state index contributed by atoms with van der Waals surface area (Å²) in [5, 5.41) is 1.18. The number of rotatable bonds is 3.